The Hall–Kier alpha value is -2.29. The predicted molar refractivity (Wildman–Crippen MR) is 75.8 cm³/mol. The number of benzene rings is 2. The SMILES string of the molecule is O=C(O)C1(c2ccc(OCc3ccccc3)cc2)CC1. The minimum Gasteiger partial charge on any atom is -0.489 e. The second-order valence-corrected chi connectivity index (χ2v) is 5.19. The molecule has 2 aromatic rings. The Morgan fingerprint density at radius 1 is 1.05 bits per heavy atom. The zero-order valence-corrected chi connectivity index (χ0v) is 11.1. The van der Waals surface area contributed by atoms with Crippen LogP contribution in [0, 0.1) is 0 Å². The summed E-state index contributed by atoms with van der Waals surface area (Å²) in [5.41, 5.74) is 1.34. The number of carboxylic acid groups (broad SMARTS) is 1. The summed E-state index contributed by atoms with van der Waals surface area (Å²) < 4.78 is 5.69. The van der Waals surface area contributed by atoms with Gasteiger partial charge in [-0.25, -0.2) is 0 Å². The summed E-state index contributed by atoms with van der Waals surface area (Å²) in [6.07, 6.45) is 1.46. The standard InChI is InChI=1S/C17H16O3/c18-16(19)17(10-11-17)14-6-8-15(9-7-14)20-12-13-4-2-1-3-5-13/h1-9H,10-12H2,(H,18,19). The first-order valence-electron chi connectivity index (χ1n) is 6.71. The molecule has 0 aliphatic heterocycles. The van der Waals surface area contributed by atoms with Gasteiger partial charge in [-0.3, -0.25) is 4.79 Å². The maximum absolute atomic E-state index is 11.2. The van der Waals surface area contributed by atoms with Crippen LogP contribution in [0.3, 0.4) is 0 Å². The van der Waals surface area contributed by atoms with Crippen LogP contribution in [0.5, 0.6) is 5.75 Å². The molecule has 0 unspecified atom stereocenters. The molecule has 1 aliphatic rings. The molecule has 0 aromatic heterocycles. The van der Waals surface area contributed by atoms with Crippen molar-refractivity contribution in [3.63, 3.8) is 0 Å². The fraction of sp³-hybridized carbons (Fsp3) is 0.235. The maximum atomic E-state index is 11.2. The van der Waals surface area contributed by atoms with Crippen LogP contribution in [-0.2, 0) is 16.8 Å². The number of rotatable bonds is 5. The Morgan fingerprint density at radius 3 is 2.25 bits per heavy atom. The molecule has 0 amide bonds. The highest BCUT2D eigenvalue weighted by Crippen LogP contribution is 2.48. The quantitative estimate of drug-likeness (QED) is 0.904. The second kappa shape index (κ2) is 5.00. The average Bonchev–Trinajstić information content (AvgIpc) is 3.28. The van der Waals surface area contributed by atoms with Gasteiger partial charge in [-0.15, -0.1) is 0 Å². The third-order valence-corrected chi connectivity index (χ3v) is 3.81. The molecule has 3 heteroatoms. The Kier molecular flexibility index (Phi) is 3.18. The average molecular weight is 268 g/mol. The van der Waals surface area contributed by atoms with Crippen LogP contribution in [0.4, 0.5) is 0 Å². The fourth-order valence-electron chi connectivity index (χ4n) is 2.36. The number of carboxylic acids is 1. The first kappa shape index (κ1) is 12.7. The highest BCUT2D eigenvalue weighted by Gasteiger charge is 2.51. The molecule has 0 spiro atoms. The molecular formula is C17H16O3. The molecule has 3 nitrogen and oxygen atoms in total. The Balaban J connectivity index is 1.67. The van der Waals surface area contributed by atoms with Gasteiger partial charge in [0.25, 0.3) is 0 Å². The zero-order valence-electron chi connectivity index (χ0n) is 11.1. The first-order valence-corrected chi connectivity index (χ1v) is 6.71. The van der Waals surface area contributed by atoms with Crippen LogP contribution in [0.25, 0.3) is 0 Å². The molecule has 0 saturated heterocycles. The number of ether oxygens (including phenoxy) is 1. The minimum absolute atomic E-state index is 0.518. The van der Waals surface area contributed by atoms with Gasteiger partial charge in [-0.2, -0.15) is 0 Å². The van der Waals surface area contributed by atoms with Crippen LogP contribution in [0.2, 0.25) is 0 Å². The third kappa shape index (κ3) is 2.39. The fourth-order valence-corrected chi connectivity index (χ4v) is 2.36. The van der Waals surface area contributed by atoms with Crippen molar-refractivity contribution in [2.24, 2.45) is 0 Å². The van der Waals surface area contributed by atoms with Gasteiger partial charge in [0.2, 0.25) is 0 Å². The second-order valence-electron chi connectivity index (χ2n) is 5.19. The van der Waals surface area contributed by atoms with Crippen molar-refractivity contribution in [2.75, 3.05) is 0 Å². The van der Waals surface area contributed by atoms with E-state index in [0.717, 1.165) is 29.7 Å². The summed E-state index contributed by atoms with van der Waals surface area (Å²) in [6.45, 7) is 0.518. The summed E-state index contributed by atoms with van der Waals surface area (Å²) in [5.74, 6) is 0.0363. The molecule has 0 radical (unpaired) electrons. The van der Waals surface area contributed by atoms with Crippen LogP contribution in [-0.4, -0.2) is 11.1 Å². The normalized spacial score (nSPS) is 15.6. The van der Waals surface area contributed by atoms with Gasteiger partial charge >= 0.3 is 5.97 Å². The molecule has 1 aliphatic carbocycles. The summed E-state index contributed by atoms with van der Waals surface area (Å²) in [7, 11) is 0. The van der Waals surface area contributed by atoms with Crippen molar-refractivity contribution >= 4 is 5.97 Å². The van der Waals surface area contributed by atoms with Gasteiger partial charge in [-0.1, -0.05) is 42.5 Å². The molecule has 1 saturated carbocycles. The van der Waals surface area contributed by atoms with Gasteiger partial charge in [0, 0.05) is 0 Å². The topological polar surface area (TPSA) is 46.5 Å². The van der Waals surface area contributed by atoms with Gasteiger partial charge in [-0.05, 0) is 36.1 Å². The number of hydrogen-bond acceptors (Lipinski definition) is 2. The van der Waals surface area contributed by atoms with E-state index in [1.807, 2.05) is 54.6 Å². The molecule has 102 valence electrons. The van der Waals surface area contributed by atoms with Crippen LogP contribution < -0.4 is 4.74 Å². The summed E-state index contributed by atoms with van der Waals surface area (Å²) in [4.78, 5) is 11.2. The van der Waals surface area contributed by atoms with Crippen LogP contribution in [0.1, 0.15) is 24.0 Å². The molecule has 2 aromatic carbocycles. The highest BCUT2D eigenvalue weighted by atomic mass is 16.5. The molecule has 1 fully saturated rings. The Labute approximate surface area is 117 Å². The number of carbonyl (C=O) groups is 1. The van der Waals surface area contributed by atoms with Gasteiger partial charge in [0.15, 0.2) is 0 Å². The smallest absolute Gasteiger partial charge is 0.314 e. The van der Waals surface area contributed by atoms with Crippen molar-refractivity contribution in [2.45, 2.75) is 24.9 Å². The van der Waals surface area contributed by atoms with Gasteiger partial charge < -0.3 is 9.84 Å². The van der Waals surface area contributed by atoms with Crippen molar-refractivity contribution in [1.82, 2.24) is 0 Å². The summed E-state index contributed by atoms with van der Waals surface area (Å²) in [6, 6.07) is 17.4. The summed E-state index contributed by atoms with van der Waals surface area (Å²) in [5, 5.41) is 9.25. The summed E-state index contributed by atoms with van der Waals surface area (Å²) >= 11 is 0. The van der Waals surface area contributed by atoms with Crippen LogP contribution >= 0.6 is 0 Å². The third-order valence-electron chi connectivity index (χ3n) is 3.81. The van der Waals surface area contributed by atoms with Crippen molar-refractivity contribution in [3.8, 4) is 5.75 Å². The van der Waals surface area contributed by atoms with Crippen molar-refractivity contribution < 1.29 is 14.6 Å². The van der Waals surface area contributed by atoms with E-state index in [2.05, 4.69) is 0 Å². The Morgan fingerprint density at radius 2 is 1.70 bits per heavy atom. The highest BCUT2D eigenvalue weighted by molar-refractivity contribution is 5.84. The van der Waals surface area contributed by atoms with E-state index in [9.17, 15) is 9.90 Å². The Bertz CT molecular complexity index is 598. The molecule has 20 heavy (non-hydrogen) atoms. The van der Waals surface area contributed by atoms with Crippen molar-refractivity contribution in [1.29, 1.82) is 0 Å². The van der Waals surface area contributed by atoms with Crippen LogP contribution in [0.15, 0.2) is 54.6 Å². The molecule has 1 N–H and O–H groups in total. The lowest BCUT2D eigenvalue weighted by Crippen LogP contribution is -2.19. The predicted octanol–water partition coefficient (Wildman–Crippen LogP) is 3.38. The molecule has 0 bridgehead atoms. The first-order chi connectivity index (χ1) is 9.71. The van der Waals surface area contributed by atoms with Gasteiger partial charge in [0.1, 0.15) is 12.4 Å². The molecule has 0 heterocycles. The lowest BCUT2D eigenvalue weighted by molar-refractivity contribution is -0.140. The molecule has 3 rings (SSSR count). The largest absolute Gasteiger partial charge is 0.489 e. The van der Waals surface area contributed by atoms with Crippen molar-refractivity contribution in [3.05, 3.63) is 65.7 Å². The monoisotopic (exact) mass is 268 g/mol. The van der Waals surface area contributed by atoms with E-state index in [1.165, 1.54) is 0 Å². The number of hydrogen-bond donors (Lipinski definition) is 1. The lowest BCUT2D eigenvalue weighted by Gasteiger charge is -2.11. The van der Waals surface area contributed by atoms with E-state index in [1.54, 1.807) is 0 Å². The minimum atomic E-state index is -0.726. The van der Waals surface area contributed by atoms with E-state index in [-0.39, 0.29) is 0 Å². The lowest BCUT2D eigenvalue weighted by atomic mass is 9.96. The van der Waals surface area contributed by atoms with E-state index in [0.29, 0.717) is 6.61 Å². The van der Waals surface area contributed by atoms with E-state index < -0.39 is 11.4 Å². The number of aliphatic carboxylic acids is 1. The van der Waals surface area contributed by atoms with E-state index >= 15 is 0 Å². The molecular weight excluding hydrogens is 252 g/mol. The molecule has 0 atom stereocenters. The van der Waals surface area contributed by atoms with E-state index in [4.69, 9.17) is 4.74 Å². The maximum Gasteiger partial charge on any atom is 0.314 e. The van der Waals surface area contributed by atoms with Gasteiger partial charge in [0.05, 0.1) is 5.41 Å². The zero-order chi connectivity index (χ0) is 14.0.